The second-order valence-corrected chi connectivity index (χ2v) is 3.08. The zero-order valence-corrected chi connectivity index (χ0v) is 8.73. The molecule has 16 heavy (non-hydrogen) atoms. The Morgan fingerprint density at radius 3 is 2.44 bits per heavy atom. The zero-order chi connectivity index (χ0) is 11.1. The van der Waals surface area contributed by atoms with Crippen molar-refractivity contribution < 1.29 is 14.3 Å². The minimum absolute atomic E-state index is 0. The normalized spacial score (nSPS) is 8.81. The molecule has 0 spiro atoms. The van der Waals surface area contributed by atoms with E-state index in [1.165, 1.54) is 0 Å². The van der Waals surface area contributed by atoms with Crippen molar-refractivity contribution in [3.8, 4) is 5.75 Å². The van der Waals surface area contributed by atoms with Crippen LogP contribution in [-0.2, 0) is 9.53 Å². The van der Waals surface area contributed by atoms with E-state index in [9.17, 15) is 4.79 Å². The molecule has 0 N–H and O–H groups in total. The van der Waals surface area contributed by atoms with Crippen molar-refractivity contribution in [3.63, 3.8) is 0 Å². The molecule has 1 rings (SSSR count). The van der Waals surface area contributed by atoms with Crippen molar-refractivity contribution in [2.24, 2.45) is 0 Å². The van der Waals surface area contributed by atoms with Gasteiger partial charge in [-0.05, 0) is 19.1 Å². The third-order valence-electron chi connectivity index (χ3n) is 1.68. The molecule has 0 aliphatic rings. The van der Waals surface area contributed by atoms with E-state index in [-0.39, 0.29) is 20.0 Å². The fourth-order valence-electron chi connectivity index (χ4n) is 0.934. The van der Waals surface area contributed by atoms with Gasteiger partial charge in [-0.1, -0.05) is 32.2 Å². The number of para-hydroxylation sites is 1. The molecule has 0 aliphatic carbocycles. The fourth-order valence-corrected chi connectivity index (χ4v) is 0.934. The van der Waals surface area contributed by atoms with Gasteiger partial charge in [-0.25, -0.2) is 4.79 Å². The highest BCUT2D eigenvalue weighted by atomic mass is 16.6. The summed E-state index contributed by atoms with van der Waals surface area (Å²) in [7, 11) is 0. The van der Waals surface area contributed by atoms with Crippen molar-refractivity contribution in [1.82, 2.24) is 0 Å². The van der Waals surface area contributed by atoms with Crippen molar-refractivity contribution in [1.29, 1.82) is 0 Å². The number of carbonyl (C=O) groups is 1. The molecule has 0 fully saturated rings. The van der Waals surface area contributed by atoms with Gasteiger partial charge >= 0.3 is 5.97 Å². The largest absolute Gasteiger partial charge is 0.490 e. The number of esters is 1. The van der Waals surface area contributed by atoms with Gasteiger partial charge in [0.2, 0.25) is 0 Å². The Labute approximate surface area is 96.7 Å². The molecule has 1 aromatic carbocycles. The van der Waals surface area contributed by atoms with E-state index in [4.69, 9.17) is 9.47 Å². The SMILES string of the molecule is C.C=C(C)C(=O)OCCOc1ccccc1. The van der Waals surface area contributed by atoms with Crippen molar-refractivity contribution >= 4 is 5.97 Å². The maximum Gasteiger partial charge on any atom is 0.333 e. The van der Waals surface area contributed by atoms with E-state index < -0.39 is 0 Å². The molecule has 0 heterocycles. The summed E-state index contributed by atoms with van der Waals surface area (Å²) in [6.45, 7) is 5.68. The highest BCUT2D eigenvalue weighted by Gasteiger charge is 2.01. The summed E-state index contributed by atoms with van der Waals surface area (Å²) in [6.07, 6.45) is 0. The van der Waals surface area contributed by atoms with Crippen molar-refractivity contribution in [2.75, 3.05) is 13.2 Å². The Bertz CT molecular complexity index is 330. The monoisotopic (exact) mass is 222 g/mol. The summed E-state index contributed by atoms with van der Waals surface area (Å²) < 4.78 is 10.2. The van der Waals surface area contributed by atoms with Crippen molar-refractivity contribution in [3.05, 3.63) is 42.5 Å². The van der Waals surface area contributed by atoms with Crippen LogP contribution in [0, 0.1) is 0 Å². The Hall–Kier alpha value is -1.77. The van der Waals surface area contributed by atoms with Gasteiger partial charge in [-0.15, -0.1) is 0 Å². The first-order valence-electron chi connectivity index (χ1n) is 4.70. The van der Waals surface area contributed by atoms with Crippen LogP contribution in [0.4, 0.5) is 0 Å². The van der Waals surface area contributed by atoms with Crippen LogP contribution < -0.4 is 4.74 Å². The highest BCUT2D eigenvalue weighted by molar-refractivity contribution is 5.86. The molecule has 0 amide bonds. The molecule has 0 atom stereocenters. The molecular formula is C13H18O3. The Morgan fingerprint density at radius 2 is 1.88 bits per heavy atom. The molecule has 3 heteroatoms. The first-order valence-corrected chi connectivity index (χ1v) is 4.70. The van der Waals surface area contributed by atoms with Gasteiger partial charge < -0.3 is 9.47 Å². The van der Waals surface area contributed by atoms with Crippen LogP contribution in [0.3, 0.4) is 0 Å². The van der Waals surface area contributed by atoms with Crippen LogP contribution in [-0.4, -0.2) is 19.2 Å². The van der Waals surface area contributed by atoms with E-state index in [2.05, 4.69) is 6.58 Å². The lowest BCUT2D eigenvalue weighted by Crippen LogP contribution is -2.12. The predicted molar refractivity (Wildman–Crippen MR) is 64.4 cm³/mol. The maximum atomic E-state index is 11.0. The van der Waals surface area contributed by atoms with E-state index in [0.717, 1.165) is 5.75 Å². The minimum Gasteiger partial charge on any atom is -0.490 e. The Balaban J connectivity index is 0.00000225. The average molecular weight is 222 g/mol. The number of carbonyl (C=O) groups excluding carboxylic acids is 1. The predicted octanol–water partition coefficient (Wildman–Crippen LogP) is 2.82. The smallest absolute Gasteiger partial charge is 0.333 e. The maximum absolute atomic E-state index is 11.0. The molecule has 0 saturated carbocycles. The van der Waals surface area contributed by atoms with Crippen LogP contribution in [0.5, 0.6) is 5.75 Å². The zero-order valence-electron chi connectivity index (χ0n) is 8.73. The quantitative estimate of drug-likeness (QED) is 0.436. The van der Waals surface area contributed by atoms with Crippen LogP contribution in [0.15, 0.2) is 42.5 Å². The van der Waals surface area contributed by atoms with Crippen LogP contribution >= 0.6 is 0 Å². The number of benzene rings is 1. The van der Waals surface area contributed by atoms with Crippen LogP contribution in [0.1, 0.15) is 14.4 Å². The molecule has 0 saturated heterocycles. The van der Waals surface area contributed by atoms with E-state index in [0.29, 0.717) is 12.2 Å². The highest BCUT2D eigenvalue weighted by Crippen LogP contribution is 2.07. The number of hydrogen-bond donors (Lipinski definition) is 0. The first kappa shape index (κ1) is 14.2. The molecule has 0 unspecified atom stereocenters. The molecule has 0 aromatic heterocycles. The van der Waals surface area contributed by atoms with Gasteiger partial charge in [0.1, 0.15) is 19.0 Å². The second kappa shape index (κ2) is 7.51. The van der Waals surface area contributed by atoms with Gasteiger partial charge in [0.25, 0.3) is 0 Å². The van der Waals surface area contributed by atoms with Crippen molar-refractivity contribution in [2.45, 2.75) is 14.4 Å². The van der Waals surface area contributed by atoms with E-state index >= 15 is 0 Å². The molecule has 88 valence electrons. The van der Waals surface area contributed by atoms with Gasteiger partial charge in [0.15, 0.2) is 0 Å². The van der Waals surface area contributed by atoms with Gasteiger partial charge in [-0.3, -0.25) is 0 Å². The topological polar surface area (TPSA) is 35.5 Å². The summed E-state index contributed by atoms with van der Waals surface area (Å²) in [5, 5.41) is 0. The summed E-state index contributed by atoms with van der Waals surface area (Å²) in [5.74, 6) is 0.385. The Morgan fingerprint density at radius 1 is 1.25 bits per heavy atom. The lowest BCUT2D eigenvalue weighted by molar-refractivity contribution is -0.139. The Kier molecular flexibility index (Phi) is 6.68. The molecule has 0 bridgehead atoms. The molecule has 1 aromatic rings. The molecular weight excluding hydrogens is 204 g/mol. The number of rotatable bonds is 5. The molecule has 0 radical (unpaired) electrons. The van der Waals surface area contributed by atoms with Gasteiger partial charge in [-0.2, -0.15) is 0 Å². The van der Waals surface area contributed by atoms with Crippen LogP contribution in [0.2, 0.25) is 0 Å². The third-order valence-corrected chi connectivity index (χ3v) is 1.68. The average Bonchev–Trinajstić information content (AvgIpc) is 2.25. The summed E-state index contributed by atoms with van der Waals surface area (Å²) in [4.78, 5) is 11.0. The number of hydrogen-bond acceptors (Lipinski definition) is 3. The lowest BCUT2D eigenvalue weighted by Gasteiger charge is -2.06. The molecule has 0 aliphatic heterocycles. The van der Waals surface area contributed by atoms with Gasteiger partial charge in [0.05, 0.1) is 0 Å². The summed E-state index contributed by atoms with van der Waals surface area (Å²) >= 11 is 0. The minimum atomic E-state index is -0.383. The standard InChI is InChI=1S/C12H14O3.CH4/c1-10(2)12(13)15-9-8-14-11-6-4-3-5-7-11;/h3-7H,1,8-9H2,2H3;1H4. The third kappa shape index (κ3) is 5.20. The van der Waals surface area contributed by atoms with Crippen LogP contribution in [0.25, 0.3) is 0 Å². The molecule has 3 nitrogen and oxygen atoms in total. The fraction of sp³-hybridized carbons (Fsp3) is 0.308. The van der Waals surface area contributed by atoms with Gasteiger partial charge in [0, 0.05) is 5.57 Å². The van der Waals surface area contributed by atoms with E-state index in [1.54, 1.807) is 6.92 Å². The summed E-state index contributed by atoms with van der Waals surface area (Å²) in [5.41, 5.74) is 0.398. The van der Waals surface area contributed by atoms with E-state index in [1.807, 2.05) is 30.3 Å². The number of ether oxygens (including phenoxy) is 2. The summed E-state index contributed by atoms with van der Waals surface area (Å²) in [6, 6.07) is 9.37. The second-order valence-electron chi connectivity index (χ2n) is 3.08. The lowest BCUT2D eigenvalue weighted by atomic mass is 10.3. The first-order chi connectivity index (χ1) is 7.20.